The van der Waals surface area contributed by atoms with E-state index in [1.54, 1.807) is 0 Å². The van der Waals surface area contributed by atoms with Gasteiger partial charge in [0.15, 0.2) is 0 Å². The van der Waals surface area contributed by atoms with Crippen molar-refractivity contribution in [1.29, 1.82) is 5.26 Å². The number of hydrogen-bond donors (Lipinski definition) is 1. The number of hydrogen-bond acceptors (Lipinski definition) is 3. The standard InChI is InChI=1S/C8H15N3O/c1-3-11(6-8(10)12)7(2)4-5-9/h7H,3-4,6H2,1-2H3,(H2,10,12). The number of likely N-dealkylation sites (N-methyl/N-ethyl adjacent to an activating group) is 1. The number of carbonyl (C=O) groups is 1. The van der Waals surface area contributed by atoms with Crippen LogP contribution < -0.4 is 5.73 Å². The summed E-state index contributed by atoms with van der Waals surface area (Å²) in [6.07, 6.45) is 0.432. The molecule has 0 radical (unpaired) electrons. The molecule has 0 rings (SSSR count). The van der Waals surface area contributed by atoms with Crippen LogP contribution in [0.4, 0.5) is 0 Å². The molecule has 0 aromatic heterocycles. The molecule has 1 amide bonds. The van der Waals surface area contributed by atoms with Crippen LogP contribution in [0.5, 0.6) is 0 Å². The molecule has 12 heavy (non-hydrogen) atoms. The first-order chi connectivity index (χ1) is 5.61. The van der Waals surface area contributed by atoms with Crippen molar-refractivity contribution in [3.8, 4) is 6.07 Å². The summed E-state index contributed by atoms with van der Waals surface area (Å²) in [4.78, 5) is 12.5. The second-order valence-electron chi connectivity index (χ2n) is 2.74. The fraction of sp³-hybridized carbons (Fsp3) is 0.750. The van der Waals surface area contributed by atoms with Gasteiger partial charge in [-0.05, 0) is 13.5 Å². The molecule has 2 N–H and O–H groups in total. The highest BCUT2D eigenvalue weighted by Crippen LogP contribution is 2.01. The van der Waals surface area contributed by atoms with Gasteiger partial charge in [-0.2, -0.15) is 5.26 Å². The van der Waals surface area contributed by atoms with E-state index in [-0.39, 0.29) is 18.5 Å². The van der Waals surface area contributed by atoms with Crippen LogP contribution in [0, 0.1) is 11.3 Å². The minimum absolute atomic E-state index is 0.104. The van der Waals surface area contributed by atoms with Crippen LogP contribution in [0.2, 0.25) is 0 Å². The van der Waals surface area contributed by atoms with Crippen molar-refractivity contribution < 1.29 is 4.79 Å². The fourth-order valence-electron chi connectivity index (χ4n) is 1.04. The third kappa shape index (κ3) is 3.94. The zero-order chi connectivity index (χ0) is 9.56. The van der Waals surface area contributed by atoms with Crippen molar-refractivity contribution in [1.82, 2.24) is 4.90 Å². The van der Waals surface area contributed by atoms with Crippen molar-refractivity contribution in [2.45, 2.75) is 26.3 Å². The molecule has 0 spiro atoms. The average Bonchev–Trinajstić information content (AvgIpc) is 2.00. The van der Waals surface area contributed by atoms with E-state index in [0.29, 0.717) is 6.42 Å². The molecule has 0 aliphatic heterocycles. The van der Waals surface area contributed by atoms with Gasteiger partial charge >= 0.3 is 0 Å². The summed E-state index contributed by atoms with van der Waals surface area (Å²) in [6.45, 7) is 4.83. The maximum Gasteiger partial charge on any atom is 0.231 e. The summed E-state index contributed by atoms with van der Waals surface area (Å²) >= 11 is 0. The van der Waals surface area contributed by atoms with Gasteiger partial charge in [-0.1, -0.05) is 6.92 Å². The molecule has 0 bridgehead atoms. The lowest BCUT2D eigenvalue weighted by molar-refractivity contribution is -0.119. The normalized spacial score (nSPS) is 12.5. The lowest BCUT2D eigenvalue weighted by Gasteiger charge is -2.24. The van der Waals surface area contributed by atoms with Gasteiger partial charge in [0.1, 0.15) is 0 Å². The van der Waals surface area contributed by atoms with Crippen LogP contribution in [0.25, 0.3) is 0 Å². The molecule has 1 unspecified atom stereocenters. The fourth-order valence-corrected chi connectivity index (χ4v) is 1.04. The number of nitriles is 1. The van der Waals surface area contributed by atoms with Crippen molar-refractivity contribution in [3.63, 3.8) is 0 Å². The number of nitrogens with zero attached hydrogens (tertiary/aromatic N) is 2. The van der Waals surface area contributed by atoms with Gasteiger partial charge in [-0.15, -0.1) is 0 Å². The maximum atomic E-state index is 10.6. The summed E-state index contributed by atoms with van der Waals surface area (Å²) in [6, 6.07) is 2.17. The van der Waals surface area contributed by atoms with Crippen LogP contribution >= 0.6 is 0 Å². The quantitative estimate of drug-likeness (QED) is 0.634. The summed E-state index contributed by atoms with van der Waals surface area (Å²) in [5.41, 5.74) is 5.04. The molecule has 4 nitrogen and oxygen atoms in total. The lowest BCUT2D eigenvalue weighted by Crippen LogP contribution is -2.39. The highest BCUT2D eigenvalue weighted by molar-refractivity contribution is 5.75. The van der Waals surface area contributed by atoms with Gasteiger partial charge in [0.05, 0.1) is 19.0 Å². The number of rotatable bonds is 5. The van der Waals surface area contributed by atoms with Crippen molar-refractivity contribution in [2.24, 2.45) is 5.73 Å². The maximum absolute atomic E-state index is 10.6. The smallest absolute Gasteiger partial charge is 0.231 e. The van der Waals surface area contributed by atoms with Gasteiger partial charge in [-0.3, -0.25) is 9.69 Å². The molecule has 0 aromatic rings. The molecule has 1 atom stereocenters. The molecule has 0 saturated carbocycles. The van der Waals surface area contributed by atoms with Crippen LogP contribution in [-0.4, -0.2) is 29.9 Å². The van der Waals surface area contributed by atoms with Crippen molar-refractivity contribution in [3.05, 3.63) is 0 Å². The molecule has 68 valence electrons. The zero-order valence-corrected chi connectivity index (χ0v) is 7.58. The van der Waals surface area contributed by atoms with Crippen LogP contribution in [0.1, 0.15) is 20.3 Å². The van der Waals surface area contributed by atoms with E-state index in [4.69, 9.17) is 11.0 Å². The van der Waals surface area contributed by atoms with E-state index in [2.05, 4.69) is 6.07 Å². The van der Waals surface area contributed by atoms with Crippen molar-refractivity contribution in [2.75, 3.05) is 13.1 Å². The Balaban J connectivity index is 3.97. The predicted molar refractivity (Wildman–Crippen MR) is 46.1 cm³/mol. The predicted octanol–water partition coefficient (Wildman–Crippen LogP) is 0.0958. The van der Waals surface area contributed by atoms with Gasteiger partial charge in [0.2, 0.25) is 5.91 Å². The molecular weight excluding hydrogens is 154 g/mol. The van der Waals surface area contributed by atoms with Gasteiger partial charge in [-0.25, -0.2) is 0 Å². The van der Waals surface area contributed by atoms with E-state index in [1.165, 1.54) is 0 Å². The Labute approximate surface area is 72.9 Å². The lowest BCUT2D eigenvalue weighted by atomic mass is 10.2. The highest BCUT2D eigenvalue weighted by atomic mass is 16.1. The molecule has 4 heteroatoms. The van der Waals surface area contributed by atoms with E-state index in [1.807, 2.05) is 18.7 Å². The van der Waals surface area contributed by atoms with Gasteiger partial charge < -0.3 is 5.73 Å². The average molecular weight is 169 g/mol. The topological polar surface area (TPSA) is 70.1 Å². The summed E-state index contributed by atoms with van der Waals surface area (Å²) in [5, 5.41) is 8.42. The van der Waals surface area contributed by atoms with Gasteiger partial charge in [0, 0.05) is 6.04 Å². The summed E-state index contributed by atoms with van der Waals surface area (Å²) < 4.78 is 0. The van der Waals surface area contributed by atoms with Crippen LogP contribution in [-0.2, 0) is 4.79 Å². The minimum Gasteiger partial charge on any atom is -0.369 e. The van der Waals surface area contributed by atoms with E-state index >= 15 is 0 Å². The monoisotopic (exact) mass is 169 g/mol. The highest BCUT2D eigenvalue weighted by Gasteiger charge is 2.12. The first kappa shape index (κ1) is 10.9. The molecule has 0 aliphatic rings. The zero-order valence-electron chi connectivity index (χ0n) is 7.58. The van der Waals surface area contributed by atoms with Gasteiger partial charge in [0.25, 0.3) is 0 Å². The Kier molecular flexibility index (Phi) is 5.06. The molecule has 0 aliphatic carbocycles. The molecule has 0 heterocycles. The van der Waals surface area contributed by atoms with E-state index in [9.17, 15) is 4.79 Å². The minimum atomic E-state index is -0.346. The SMILES string of the molecule is CCN(CC(N)=O)C(C)CC#N. The number of nitrogens with two attached hydrogens (primary N) is 1. The Morgan fingerprint density at radius 2 is 2.33 bits per heavy atom. The Morgan fingerprint density at radius 1 is 1.75 bits per heavy atom. The third-order valence-corrected chi connectivity index (χ3v) is 1.78. The first-order valence-corrected chi connectivity index (χ1v) is 4.01. The summed E-state index contributed by atoms with van der Waals surface area (Å²) in [7, 11) is 0. The first-order valence-electron chi connectivity index (χ1n) is 4.01. The Morgan fingerprint density at radius 3 is 2.67 bits per heavy atom. The summed E-state index contributed by atoms with van der Waals surface area (Å²) in [5.74, 6) is -0.346. The third-order valence-electron chi connectivity index (χ3n) is 1.78. The Bertz CT molecular complexity index is 185. The molecule has 0 saturated heterocycles. The number of amides is 1. The molecule has 0 fully saturated rings. The Hall–Kier alpha value is -1.08. The number of carbonyl (C=O) groups excluding carboxylic acids is 1. The van der Waals surface area contributed by atoms with Crippen LogP contribution in [0.3, 0.4) is 0 Å². The molecule has 0 aromatic carbocycles. The second kappa shape index (κ2) is 5.56. The largest absolute Gasteiger partial charge is 0.369 e. The van der Waals surface area contributed by atoms with Crippen LogP contribution in [0.15, 0.2) is 0 Å². The van der Waals surface area contributed by atoms with E-state index in [0.717, 1.165) is 6.54 Å². The second-order valence-corrected chi connectivity index (χ2v) is 2.74. The number of primary amides is 1. The van der Waals surface area contributed by atoms with E-state index < -0.39 is 0 Å². The van der Waals surface area contributed by atoms with Crippen molar-refractivity contribution >= 4 is 5.91 Å². The molecular formula is C8H15N3O.